The molecule has 1 atom stereocenters. The lowest BCUT2D eigenvalue weighted by molar-refractivity contribution is 0.101. The summed E-state index contributed by atoms with van der Waals surface area (Å²) in [5.41, 5.74) is 5.22. The van der Waals surface area contributed by atoms with Gasteiger partial charge >= 0.3 is 0 Å². The first-order chi connectivity index (χ1) is 14.4. The number of benzene rings is 1. The lowest BCUT2D eigenvalue weighted by Gasteiger charge is -2.21. The monoisotopic (exact) mass is 427 g/mol. The molecular weight excluding hydrogens is 402 g/mol. The third kappa shape index (κ3) is 3.56. The Hall–Kier alpha value is -2.51. The van der Waals surface area contributed by atoms with Crippen LogP contribution in [0, 0.1) is 6.92 Å². The first-order valence-electron chi connectivity index (χ1n) is 10.3. The molecule has 0 aliphatic carbocycles. The minimum Gasteiger partial charge on any atom is -0.385 e. The molecule has 0 radical (unpaired) electrons. The first-order valence-corrected chi connectivity index (χ1v) is 10.6. The Bertz CT molecular complexity index is 1110. The number of carbonyl (C=O) groups excluding carboxylic acids is 1. The molecule has 158 valence electrons. The lowest BCUT2D eigenvalue weighted by atomic mass is 10.1. The molecule has 3 aromatic rings. The first kappa shape index (κ1) is 20.8. The average Bonchev–Trinajstić information content (AvgIpc) is 3.33. The highest BCUT2D eigenvalue weighted by molar-refractivity contribution is 6.34. The van der Waals surface area contributed by atoms with E-state index in [-0.39, 0.29) is 11.8 Å². The zero-order chi connectivity index (χ0) is 21.4. The minimum absolute atomic E-state index is 0.0128. The van der Waals surface area contributed by atoms with Crippen molar-refractivity contribution < 1.29 is 9.53 Å². The van der Waals surface area contributed by atoms with Gasteiger partial charge in [0.1, 0.15) is 0 Å². The third-order valence-electron chi connectivity index (χ3n) is 5.72. The van der Waals surface area contributed by atoms with Gasteiger partial charge < -0.3 is 9.64 Å². The topological polar surface area (TPSA) is 73.1 Å². The summed E-state index contributed by atoms with van der Waals surface area (Å²) in [7, 11) is 1.71. The Morgan fingerprint density at radius 2 is 2.13 bits per heavy atom. The van der Waals surface area contributed by atoms with Crippen LogP contribution in [0.15, 0.2) is 18.2 Å². The quantitative estimate of drug-likeness (QED) is 0.510. The van der Waals surface area contributed by atoms with Crippen molar-refractivity contribution in [2.75, 3.05) is 25.2 Å². The van der Waals surface area contributed by atoms with Gasteiger partial charge in [-0.1, -0.05) is 23.7 Å². The number of aromatic nitrogens is 4. The number of rotatable bonds is 7. The SMILES string of the molecule is CCC(CCOC)n1nnc2c(N3CCc4cc(C(C)=O)cc(Cl)c43)nc(C)cc21. The number of nitrogens with zero attached hydrogens (tertiary/aromatic N) is 5. The molecule has 1 unspecified atom stereocenters. The predicted molar refractivity (Wildman–Crippen MR) is 118 cm³/mol. The van der Waals surface area contributed by atoms with Crippen molar-refractivity contribution >= 4 is 39.9 Å². The fourth-order valence-electron chi connectivity index (χ4n) is 4.16. The number of pyridine rings is 1. The Morgan fingerprint density at radius 3 is 2.83 bits per heavy atom. The molecule has 0 bridgehead atoms. The second-order valence-corrected chi connectivity index (χ2v) is 8.16. The largest absolute Gasteiger partial charge is 0.385 e. The fourth-order valence-corrected chi connectivity index (χ4v) is 4.50. The average molecular weight is 428 g/mol. The normalized spacial score (nSPS) is 14.4. The number of aryl methyl sites for hydroxylation is 1. The number of hydrogen-bond acceptors (Lipinski definition) is 6. The van der Waals surface area contributed by atoms with Crippen LogP contribution in [0.5, 0.6) is 0 Å². The molecule has 0 N–H and O–H groups in total. The summed E-state index contributed by atoms with van der Waals surface area (Å²) in [6.07, 6.45) is 2.60. The fraction of sp³-hybridized carbons (Fsp3) is 0.455. The number of fused-ring (bicyclic) bond motifs is 2. The van der Waals surface area contributed by atoms with Crippen molar-refractivity contribution in [1.29, 1.82) is 0 Å². The van der Waals surface area contributed by atoms with Gasteiger partial charge in [-0.25, -0.2) is 9.67 Å². The van der Waals surface area contributed by atoms with Gasteiger partial charge in [-0.2, -0.15) is 0 Å². The van der Waals surface area contributed by atoms with Gasteiger partial charge in [0.15, 0.2) is 17.1 Å². The van der Waals surface area contributed by atoms with Crippen molar-refractivity contribution in [3.8, 4) is 0 Å². The maximum atomic E-state index is 11.8. The second kappa shape index (κ2) is 8.32. The van der Waals surface area contributed by atoms with E-state index in [1.54, 1.807) is 20.1 Å². The van der Waals surface area contributed by atoms with E-state index in [9.17, 15) is 4.79 Å². The second-order valence-electron chi connectivity index (χ2n) is 7.76. The number of Topliss-reactive ketones (excluding diaryl/α,β-unsaturated/α-hetero) is 1. The van der Waals surface area contributed by atoms with Gasteiger partial charge in [0.05, 0.1) is 22.3 Å². The molecule has 3 heterocycles. The molecule has 1 aliphatic rings. The van der Waals surface area contributed by atoms with Crippen LogP contribution in [-0.4, -0.2) is 46.0 Å². The molecule has 1 aliphatic heterocycles. The van der Waals surface area contributed by atoms with E-state index in [1.807, 2.05) is 23.7 Å². The molecule has 0 spiro atoms. The Morgan fingerprint density at radius 1 is 1.33 bits per heavy atom. The van der Waals surface area contributed by atoms with Crippen LogP contribution in [0.1, 0.15) is 54.3 Å². The summed E-state index contributed by atoms with van der Waals surface area (Å²) < 4.78 is 7.26. The molecule has 30 heavy (non-hydrogen) atoms. The van der Waals surface area contributed by atoms with Crippen molar-refractivity contribution in [1.82, 2.24) is 20.0 Å². The molecule has 0 fully saturated rings. The van der Waals surface area contributed by atoms with Crippen molar-refractivity contribution in [3.63, 3.8) is 0 Å². The van der Waals surface area contributed by atoms with Crippen LogP contribution in [0.3, 0.4) is 0 Å². The van der Waals surface area contributed by atoms with E-state index in [1.165, 1.54) is 0 Å². The summed E-state index contributed by atoms with van der Waals surface area (Å²) in [5.74, 6) is 0.771. The highest BCUT2D eigenvalue weighted by Gasteiger charge is 2.29. The van der Waals surface area contributed by atoms with E-state index in [4.69, 9.17) is 21.3 Å². The van der Waals surface area contributed by atoms with Crippen molar-refractivity contribution in [2.45, 2.75) is 46.1 Å². The highest BCUT2D eigenvalue weighted by atomic mass is 35.5. The number of hydrogen-bond donors (Lipinski definition) is 0. The van der Waals surface area contributed by atoms with Crippen LogP contribution < -0.4 is 4.90 Å². The standard InChI is InChI=1S/C22H26ClN5O2/c1-5-17(7-9-30-4)28-19-10-13(2)24-22(20(19)25-26-28)27-8-6-15-11-16(14(3)29)12-18(23)21(15)27/h10-12,17H,5-9H2,1-4H3. The van der Waals surface area contributed by atoms with Gasteiger partial charge in [-0.05, 0) is 56.9 Å². The number of halogens is 1. The molecule has 7 nitrogen and oxygen atoms in total. The minimum atomic E-state index is 0.0128. The van der Waals surface area contributed by atoms with Crippen LogP contribution in [0.4, 0.5) is 11.5 Å². The van der Waals surface area contributed by atoms with Gasteiger partial charge in [-0.15, -0.1) is 5.10 Å². The Kier molecular flexibility index (Phi) is 5.75. The van der Waals surface area contributed by atoms with Gasteiger partial charge in [0.25, 0.3) is 0 Å². The van der Waals surface area contributed by atoms with Crippen LogP contribution >= 0.6 is 11.6 Å². The van der Waals surface area contributed by atoms with Gasteiger partial charge in [0, 0.05) is 31.5 Å². The lowest BCUT2D eigenvalue weighted by Crippen LogP contribution is -2.16. The molecule has 1 aromatic carbocycles. The van der Waals surface area contributed by atoms with E-state index >= 15 is 0 Å². The van der Waals surface area contributed by atoms with Crippen LogP contribution in [-0.2, 0) is 11.2 Å². The zero-order valence-corrected chi connectivity index (χ0v) is 18.5. The maximum absolute atomic E-state index is 11.8. The molecule has 4 rings (SSSR count). The van der Waals surface area contributed by atoms with Crippen LogP contribution in [0.25, 0.3) is 11.0 Å². The zero-order valence-electron chi connectivity index (χ0n) is 17.8. The van der Waals surface area contributed by atoms with Crippen molar-refractivity contribution in [2.24, 2.45) is 0 Å². The van der Waals surface area contributed by atoms with E-state index in [0.29, 0.717) is 17.2 Å². The van der Waals surface area contributed by atoms with E-state index in [0.717, 1.165) is 59.6 Å². The smallest absolute Gasteiger partial charge is 0.163 e. The van der Waals surface area contributed by atoms with Crippen LogP contribution in [0.2, 0.25) is 5.02 Å². The number of anilines is 2. The summed E-state index contributed by atoms with van der Waals surface area (Å²) in [6, 6.07) is 5.91. The van der Waals surface area contributed by atoms with Gasteiger partial charge in [-0.3, -0.25) is 4.79 Å². The van der Waals surface area contributed by atoms with Crippen molar-refractivity contribution in [3.05, 3.63) is 40.0 Å². The summed E-state index contributed by atoms with van der Waals surface area (Å²) in [5, 5.41) is 9.54. The molecular formula is C22H26ClN5O2. The summed E-state index contributed by atoms with van der Waals surface area (Å²) in [4.78, 5) is 18.7. The number of carbonyl (C=O) groups is 1. The predicted octanol–water partition coefficient (Wildman–Crippen LogP) is 4.67. The summed E-state index contributed by atoms with van der Waals surface area (Å²) >= 11 is 6.61. The Labute approximate surface area is 181 Å². The summed E-state index contributed by atoms with van der Waals surface area (Å²) in [6.45, 7) is 7.09. The molecule has 8 heteroatoms. The number of methoxy groups -OCH3 is 1. The number of ether oxygens (including phenoxy) is 1. The highest BCUT2D eigenvalue weighted by Crippen LogP contribution is 2.42. The maximum Gasteiger partial charge on any atom is 0.163 e. The molecule has 2 aromatic heterocycles. The van der Waals surface area contributed by atoms with Gasteiger partial charge in [0.2, 0.25) is 0 Å². The number of ketones is 1. The van der Waals surface area contributed by atoms with E-state index in [2.05, 4.69) is 22.1 Å². The Balaban J connectivity index is 1.82. The third-order valence-corrected chi connectivity index (χ3v) is 6.01. The molecule has 0 saturated heterocycles. The van der Waals surface area contributed by atoms with E-state index < -0.39 is 0 Å². The molecule has 0 amide bonds. The molecule has 0 saturated carbocycles.